The van der Waals surface area contributed by atoms with E-state index in [4.69, 9.17) is 11.6 Å². The van der Waals surface area contributed by atoms with Gasteiger partial charge in [-0.15, -0.1) is 0 Å². The Bertz CT molecular complexity index is 417. The van der Waals surface area contributed by atoms with Crippen LogP contribution in [0.2, 0.25) is 5.02 Å². The van der Waals surface area contributed by atoms with E-state index in [0.29, 0.717) is 24.5 Å². The zero-order chi connectivity index (χ0) is 10.8. The van der Waals surface area contributed by atoms with Crippen LogP contribution in [0.1, 0.15) is 12.0 Å². The predicted octanol–water partition coefficient (Wildman–Crippen LogP) is 1.64. The second-order valence-corrected chi connectivity index (χ2v) is 3.97. The summed E-state index contributed by atoms with van der Waals surface area (Å²) >= 11 is 5.82. The fourth-order valence-corrected chi connectivity index (χ4v) is 1.84. The third-order valence-corrected chi connectivity index (χ3v) is 2.63. The minimum Gasteiger partial charge on any atom is -0.331 e. The lowest BCUT2D eigenvalue weighted by Gasteiger charge is -2.14. The molecule has 0 aliphatic carbocycles. The van der Waals surface area contributed by atoms with Crippen molar-refractivity contribution >= 4 is 23.3 Å². The van der Waals surface area contributed by atoms with Gasteiger partial charge in [-0.25, -0.2) is 0 Å². The number of Topliss-reactive ketones (excluding diaryl/α,β-unsaturated/α-hetero) is 1. The highest BCUT2D eigenvalue weighted by molar-refractivity contribution is 6.37. The molecular formula is C11H10ClNO2. The summed E-state index contributed by atoms with van der Waals surface area (Å²) in [5.74, 6) is -0.674. The Morgan fingerprint density at radius 3 is 2.73 bits per heavy atom. The molecule has 1 aliphatic rings. The molecule has 3 nitrogen and oxygen atoms in total. The number of hydrogen-bond donors (Lipinski definition) is 0. The zero-order valence-electron chi connectivity index (χ0n) is 8.07. The summed E-state index contributed by atoms with van der Waals surface area (Å²) in [7, 11) is 0. The molecular weight excluding hydrogens is 214 g/mol. The van der Waals surface area contributed by atoms with Crippen molar-refractivity contribution in [2.45, 2.75) is 13.0 Å². The highest BCUT2D eigenvalue weighted by Gasteiger charge is 2.28. The molecule has 1 heterocycles. The number of hydrogen-bond acceptors (Lipinski definition) is 2. The molecule has 1 aliphatic heterocycles. The molecule has 4 heteroatoms. The van der Waals surface area contributed by atoms with E-state index >= 15 is 0 Å². The molecule has 0 unspecified atom stereocenters. The lowest BCUT2D eigenvalue weighted by molar-refractivity contribution is -0.140. The topological polar surface area (TPSA) is 37.4 Å². The molecule has 0 saturated carbocycles. The van der Waals surface area contributed by atoms with E-state index in [1.165, 1.54) is 0 Å². The monoisotopic (exact) mass is 223 g/mol. The molecule has 15 heavy (non-hydrogen) atoms. The van der Waals surface area contributed by atoms with E-state index in [-0.39, 0.29) is 11.7 Å². The van der Waals surface area contributed by atoms with Gasteiger partial charge in [0.2, 0.25) is 5.78 Å². The van der Waals surface area contributed by atoms with Crippen LogP contribution in [0, 0.1) is 0 Å². The number of carbonyl (C=O) groups excluding carboxylic acids is 2. The molecule has 78 valence electrons. The fourth-order valence-electron chi connectivity index (χ4n) is 1.63. The first-order valence-electron chi connectivity index (χ1n) is 4.73. The number of nitrogens with zero attached hydrogens (tertiary/aromatic N) is 1. The standard InChI is InChI=1S/C11H10ClNO2/c12-9-3-1-2-8(6-9)7-13-5-4-10(14)11(13)15/h1-3,6H,4-5,7H2. The highest BCUT2D eigenvalue weighted by atomic mass is 35.5. The highest BCUT2D eigenvalue weighted by Crippen LogP contribution is 2.15. The summed E-state index contributed by atoms with van der Waals surface area (Å²) in [6, 6.07) is 7.31. The van der Waals surface area contributed by atoms with Gasteiger partial charge in [0.25, 0.3) is 5.91 Å². The molecule has 0 spiro atoms. The van der Waals surface area contributed by atoms with Gasteiger partial charge in [-0.05, 0) is 17.7 Å². The van der Waals surface area contributed by atoms with Crippen LogP contribution < -0.4 is 0 Å². The molecule has 0 N–H and O–H groups in total. The number of halogens is 1. The third kappa shape index (κ3) is 2.18. The molecule has 0 aromatic heterocycles. The van der Waals surface area contributed by atoms with Crippen LogP contribution in [0.25, 0.3) is 0 Å². The first-order chi connectivity index (χ1) is 7.16. The quantitative estimate of drug-likeness (QED) is 0.715. The molecule has 0 atom stereocenters. The molecule has 1 saturated heterocycles. The Labute approximate surface area is 92.6 Å². The van der Waals surface area contributed by atoms with E-state index in [9.17, 15) is 9.59 Å². The zero-order valence-corrected chi connectivity index (χ0v) is 8.83. The Morgan fingerprint density at radius 1 is 1.33 bits per heavy atom. The lowest BCUT2D eigenvalue weighted by Crippen LogP contribution is -2.26. The average Bonchev–Trinajstić information content (AvgIpc) is 2.50. The molecule has 1 amide bonds. The SMILES string of the molecule is O=C1CCN(Cc2cccc(Cl)c2)C1=O. The van der Waals surface area contributed by atoms with Gasteiger partial charge in [0.1, 0.15) is 0 Å². The van der Waals surface area contributed by atoms with E-state index in [2.05, 4.69) is 0 Å². The van der Waals surface area contributed by atoms with Crippen molar-refractivity contribution < 1.29 is 9.59 Å². The van der Waals surface area contributed by atoms with Gasteiger partial charge in [0.15, 0.2) is 0 Å². The predicted molar refractivity (Wildman–Crippen MR) is 56.5 cm³/mol. The minimum absolute atomic E-state index is 0.294. The lowest BCUT2D eigenvalue weighted by atomic mass is 10.2. The first kappa shape index (κ1) is 10.2. The number of ketones is 1. The largest absolute Gasteiger partial charge is 0.331 e. The van der Waals surface area contributed by atoms with Gasteiger partial charge < -0.3 is 4.90 Å². The normalized spacial score (nSPS) is 16.2. The van der Waals surface area contributed by atoms with Crippen molar-refractivity contribution in [3.63, 3.8) is 0 Å². The number of rotatable bonds is 2. The fraction of sp³-hybridized carbons (Fsp3) is 0.273. The van der Waals surface area contributed by atoms with E-state index < -0.39 is 0 Å². The van der Waals surface area contributed by atoms with Crippen molar-refractivity contribution in [3.05, 3.63) is 34.9 Å². The molecule has 1 aromatic carbocycles. The van der Waals surface area contributed by atoms with Crippen LogP contribution in [-0.2, 0) is 16.1 Å². The van der Waals surface area contributed by atoms with E-state index in [0.717, 1.165) is 5.56 Å². The smallest absolute Gasteiger partial charge is 0.290 e. The summed E-state index contributed by atoms with van der Waals surface area (Å²) in [5, 5.41) is 0.644. The summed E-state index contributed by atoms with van der Waals surface area (Å²) in [6.45, 7) is 0.981. The number of amides is 1. The van der Waals surface area contributed by atoms with Crippen molar-refractivity contribution in [3.8, 4) is 0 Å². The maximum absolute atomic E-state index is 11.3. The second kappa shape index (κ2) is 4.03. The molecule has 0 bridgehead atoms. The molecule has 1 fully saturated rings. The van der Waals surface area contributed by atoms with Gasteiger partial charge >= 0.3 is 0 Å². The van der Waals surface area contributed by atoms with Gasteiger partial charge in [0, 0.05) is 24.5 Å². The van der Waals surface area contributed by atoms with Gasteiger partial charge in [-0.2, -0.15) is 0 Å². The van der Waals surface area contributed by atoms with E-state index in [1.54, 1.807) is 17.0 Å². The van der Waals surface area contributed by atoms with Crippen LogP contribution >= 0.6 is 11.6 Å². The maximum Gasteiger partial charge on any atom is 0.290 e. The van der Waals surface area contributed by atoms with Crippen LogP contribution in [0.5, 0.6) is 0 Å². The number of benzene rings is 1. The third-order valence-electron chi connectivity index (χ3n) is 2.40. The summed E-state index contributed by atoms with van der Waals surface area (Å²) in [4.78, 5) is 23.9. The molecule has 0 radical (unpaired) electrons. The van der Waals surface area contributed by atoms with Gasteiger partial charge in [-0.3, -0.25) is 9.59 Å². The Hall–Kier alpha value is -1.35. The molecule has 2 rings (SSSR count). The Morgan fingerprint density at radius 2 is 2.13 bits per heavy atom. The van der Waals surface area contributed by atoms with Gasteiger partial charge in [0.05, 0.1) is 0 Å². The number of likely N-dealkylation sites (tertiary alicyclic amines) is 1. The van der Waals surface area contributed by atoms with Crippen molar-refractivity contribution in [2.24, 2.45) is 0 Å². The Balaban J connectivity index is 2.10. The summed E-state index contributed by atoms with van der Waals surface area (Å²) in [5.41, 5.74) is 0.950. The van der Waals surface area contributed by atoms with Crippen LogP contribution in [0.15, 0.2) is 24.3 Å². The van der Waals surface area contributed by atoms with Crippen LogP contribution in [-0.4, -0.2) is 23.1 Å². The number of carbonyl (C=O) groups is 2. The maximum atomic E-state index is 11.3. The van der Waals surface area contributed by atoms with Crippen LogP contribution in [0.3, 0.4) is 0 Å². The van der Waals surface area contributed by atoms with E-state index in [1.807, 2.05) is 12.1 Å². The average molecular weight is 224 g/mol. The van der Waals surface area contributed by atoms with Crippen molar-refractivity contribution in [1.29, 1.82) is 0 Å². The van der Waals surface area contributed by atoms with Crippen LogP contribution in [0.4, 0.5) is 0 Å². The Kier molecular flexibility index (Phi) is 2.73. The van der Waals surface area contributed by atoms with Crippen molar-refractivity contribution in [2.75, 3.05) is 6.54 Å². The minimum atomic E-state index is -0.380. The van der Waals surface area contributed by atoms with Crippen molar-refractivity contribution in [1.82, 2.24) is 4.90 Å². The summed E-state index contributed by atoms with van der Waals surface area (Å²) < 4.78 is 0. The van der Waals surface area contributed by atoms with Gasteiger partial charge in [-0.1, -0.05) is 23.7 Å². The summed E-state index contributed by atoms with van der Waals surface area (Å²) in [6.07, 6.45) is 0.333. The first-order valence-corrected chi connectivity index (χ1v) is 5.11. The second-order valence-electron chi connectivity index (χ2n) is 3.53. The molecule has 1 aromatic rings.